The van der Waals surface area contributed by atoms with Crippen molar-refractivity contribution in [1.29, 1.82) is 0 Å². The quantitative estimate of drug-likeness (QED) is 0.699. The molecule has 8 heteroatoms. The third-order valence-electron chi connectivity index (χ3n) is 5.29. The molecule has 2 fully saturated rings. The Labute approximate surface area is 176 Å². The molecule has 2 atom stereocenters. The van der Waals surface area contributed by atoms with Gasteiger partial charge < -0.3 is 9.64 Å². The van der Waals surface area contributed by atoms with Crippen molar-refractivity contribution < 1.29 is 17.9 Å². The van der Waals surface area contributed by atoms with E-state index >= 15 is 0 Å². The Morgan fingerprint density at radius 1 is 1.21 bits per heavy atom. The van der Waals surface area contributed by atoms with Crippen molar-refractivity contribution in [1.82, 2.24) is 9.21 Å². The summed E-state index contributed by atoms with van der Waals surface area (Å²) in [4.78, 5) is 15.2. The summed E-state index contributed by atoms with van der Waals surface area (Å²) in [5.74, 6) is -0.112. The summed E-state index contributed by atoms with van der Waals surface area (Å²) in [5, 5.41) is 4.05. The van der Waals surface area contributed by atoms with E-state index in [0.717, 1.165) is 18.4 Å². The van der Waals surface area contributed by atoms with Crippen molar-refractivity contribution in [2.24, 2.45) is 0 Å². The predicted octanol–water partition coefficient (Wildman–Crippen LogP) is 3.35. The van der Waals surface area contributed by atoms with Crippen LogP contribution in [0.1, 0.15) is 42.6 Å². The van der Waals surface area contributed by atoms with Gasteiger partial charge in [-0.25, -0.2) is 8.42 Å². The summed E-state index contributed by atoms with van der Waals surface area (Å²) < 4.78 is 33.5. The molecule has 2 unspecified atom stereocenters. The van der Waals surface area contributed by atoms with Crippen LogP contribution in [-0.4, -0.2) is 54.9 Å². The minimum Gasteiger partial charge on any atom is -0.373 e. The highest BCUT2D eigenvalue weighted by Crippen LogP contribution is 2.31. The molecule has 1 aliphatic heterocycles. The monoisotopic (exact) mass is 434 g/mol. The summed E-state index contributed by atoms with van der Waals surface area (Å²) in [6.07, 6.45) is 1.68. The number of carbonyl (C=O) groups excluding carboxylic acids is 1. The highest BCUT2D eigenvalue weighted by molar-refractivity contribution is 7.89. The van der Waals surface area contributed by atoms with Crippen LogP contribution < -0.4 is 0 Å². The Morgan fingerprint density at radius 2 is 1.93 bits per heavy atom. The second-order valence-corrected chi connectivity index (χ2v) is 10.6. The van der Waals surface area contributed by atoms with Gasteiger partial charge in [0.1, 0.15) is 0 Å². The fraction of sp³-hybridized carbons (Fsp3) is 0.476. The van der Waals surface area contributed by atoms with E-state index in [9.17, 15) is 13.2 Å². The van der Waals surface area contributed by atoms with Crippen LogP contribution in [0, 0.1) is 0 Å². The number of hydrogen-bond acceptors (Lipinski definition) is 5. The van der Waals surface area contributed by atoms with Crippen molar-refractivity contribution in [3.05, 3.63) is 52.2 Å². The molecule has 1 amide bonds. The first-order valence-electron chi connectivity index (χ1n) is 9.92. The van der Waals surface area contributed by atoms with E-state index in [2.05, 4.69) is 0 Å². The molecule has 1 aromatic heterocycles. The molecule has 4 rings (SSSR count). The number of carbonyl (C=O) groups is 1. The maximum Gasteiger partial charge on any atom is 0.254 e. The Kier molecular flexibility index (Phi) is 5.79. The maximum atomic E-state index is 13.2. The van der Waals surface area contributed by atoms with Crippen LogP contribution >= 0.6 is 11.3 Å². The molecule has 1 aromatic carbocycles. The number of benzene rings is 1. The first-order chi connectivity index (χ1) is 13.8. The van der Waals surface area contributed by atoms with E-state index < -0.39 is 10.0 Å². The second-order valence-electron chi connectivity index (χ2n) is 7.90. The van der Waals surface area contributed by atoms with Crippen LogP contribution in [0.2, 0.25) is 0 Å². The van der Waals surface area contributed by atoms with E-state index in [0.29, 0.717) is 25.2 Å². The number of ether oxygens (including phenoxy) is 1. The van der Waals surface area contributed by atoms with Gasteiger partial charge in [0.25, 0.3) is 5.91 Å². The summed E-state index contributed by atoms with van der Waals surface area (Å²) in [6, 6.07) is 8.71. The Bertz CT molecular complexity index is 960. The van der Waals surface area contributed by atoms with Crippen LogP contribution in [0.15, 0.2) is 46.0 Å². The minimum absolute atomic E-state index is 0.112. The highest BCUT2D eigenvalue weighted by atomic mass is 32.2. The zero-order valence-corrected chi connectivity index (χ0v) is 18.3. The Balaban J connectivity index is 1.58. The van der Waals surface area contributed by atoms with Crippen molar-refractivity contribution in [3.8, 4) is 0 Å². The molecule has 1 saturated carbocycles. The van der Waals surface area contributed by atoms with Gasteiger partial charge >= 0.3 is 0 Å². The molecule has 1 saturated heterocycles. The van der Waals surface area contributed by atoms with E-state index in [4.69, 9.17) is 4.74 Å². The molecule has 2 heterocycles. The van der Waals surface area contributed by atoms with E-state index in [1.165, 1.54) is 10.4 Å². The zero-order chi connectivity index (χ0) is 20.6. The number of rotatable bonds is 6. The summed E-state index contributed by atoms with van der Waals surface area (Å²) in [6.45, 7) is 4.93. The molecular formula is C21H26N2O4S2. The van der Waals surface area contributed by atoms with Crippen molar-refractivity contribution in [2.45, 2.75) is 56.4 Å². The molecule has 2 aliphatic rings. The molecule has 156 valence electrons. The number of nitrogens with zero attached hydrogens (tertiary/aromatic N) is 2. The number of amides is 1. The molecule has 0 N–H and O–H groups in total. The second kappa shape index (κ2) is 8.18. The fourth-order valence-electron chi connectivity index (χ4n) is 3.76. The maximum absolute atomic E-state index is 13.2. The van der Waals surface area contributed by atoms with Crippen LogP contribution in [0.5, 0.6) is 0 Å². The van der Waals surface area contributed by atoms with Crippen molar-refractivity contribution in [3.63, 3.8) is 0 Å². The fourth-order valence-corrected chi connectivity index (χ4v) is 6.06. The van der Waals surface area contributed by atoms with Gasteiger partial charge in [0, 0.05) is 31.2 Å². The first-order valence-corrected chi connectivity index (χ1v) is 12.3. The third-order valence-corrected chi connectivity index (χ3v) is 7.85. The standard InChI is InChI=1S/C21H26N2O4S2/c1-15-11-22(12-16(2)27-15)29(25,26)20-5-3-4-18(10-20)21(24)23(19-6-7-19)13-17-8-9-28-14-17/h3-5,8-10,14-16,19H,6-7,11-13H2,1-2H3. The predicted molar refractivity (Wildman–Crippen MR) is 112 cm³/mol. The van der Waals surface area contributed by atoms with Gasteiger partial charge in [-0.2, -0.15) is 15.6 Å². The van der Waals surface area contributed by atoms with Gasteiger partial charge in [-0.15, -0.1) is 0 Å². The summed E-state index contributed by atoms with van der Waals surface area (Å²) >= 11 is 1.61. The molecule has 1 aliphatic carbocycles. The van der Waals surface area contributed by atoms with Gasteiger partial charge in [0.05, 0.1) is 17.1 Å². The van der Waals surface area contributed by atoms with Crippen LogP contribution in [0.25, 0.3) is 0 Å². The smallest absolute Gasteiger partial charge is 0.254 e. The Hall–Kier alpha value is -1.74. The summed E-state index contributed by atoms with van der Waals surface area (Å²) in [5.41, 5.74) is 1.53. The van der Waals surface area contributed by atoms with Crippen LogP contribution in [0.4, 0.5) is 0 Å². The summed E-state index contributed by atoms with van der Waals surface area (Å²) in [7, 11) is -3.68. The first kappa shape index (κ1) is 20.5. The molecule has 0 bridgehead atoms. The topological polar surface area (TPSA) is 66.9 Å². The lowest BCUT2D eigenvalue weighted by Gasteiger charge is -2.34. The molecule has 29 heavy (non-hydrogen) atoms. The number of morpholine rings is 1. The van der Waals surface area contributed by atoms with Gasteiger partial charge in [0.15, 0.2) is 0 Å². The van der Waals surface area contributed by atoms with Gasteiger partial charge in [-0.3, -0.25) is 4.79 Å². The van der Waals surface area contributed by atoms with Crippen LogP contribution in [-0.2, 0) is 21.3 Å². The highest BCUT2D eigenvalue weighted by Gasteiger charge is 2.35. The lowest BCUT2D eigenvalue weighted by molar-refractivity contribution is -0.0440. The van der Waals surface area contributed by atoms with E-state index in [-0.39, 0.29) is 29.1 Å². The Morgan fingerprint density at radius 3 is 2.55 bits per heavy atom. The third kappa shape index (κ3) is 4.55. The minimum atomic E-state index is -3.68. The average Bonchev–Trinajstić information content (AvgIpc) is 3.40. The molecule has 0 radical (unpaired) electrons. The van der Waals surface area contributed by atoms with Gasteiger partial charge in [-0.1, -0.05) is 6.07 Å². The number of sulfonamides is 1. The lowest BCUT2D eigenvalue weighted by atomic mass is 10.2. The molecule has 0 spiro atoms. The van der Waals surface area contributed by atoms with Crippen molar-refractivity contribution >= 4 is 27.3 Å². The number of hydrogen-bond donors (Lipinski definition) is 0. The normalized spacial score (nSPS) is 23.1. The molecular weight excluding hydrogens is 408 g/mol. The molecule has 2 aromatic rings. The van der Waals surface area contributed by atoms with E-state index in [1.54, 1.807) is 29.5 Å². The van der Waals surface area contributed by atoms with Gasteiger partial charge in [-0.05, 0) is 67.3 Å². The lowest BCUT2D eigenvalue weighted by Crippen LogP contribution is -2.48. The average molecular weight is 435 g/mol. The zero-order valence-electron chi connectivity index (χ0n) is 16.7. The SMILES string of the molecule is CC1CN(S(=O)(=O)c2cccc(C(=O)N(Cc3ccsc3)C3CC3)c2)CC(C)O1. The molecule has 6 nitrogen and oxygen atoms in total. The van der Waals surface area contributed by atoms with Gasteiger partial charge in [0.2, 0.25) is 10.0 Å². The largest absolute Gasteiger partial charge is 0.373 e. The van der Waals surface area contributed by atoms with Crippen LogP contribution in [0.3, 0.4) is 0 Å². The van der Waals surface area contributed by atoms with Crippen molar-refractivity contribution in [2.75, 3.05) is 13.1 Å². The van der Waals surface area contributed by atoms with E-state index in [1.807, 2.05) is 35.6 Å². The number of thiophene rings is 1.